The number of benzene rings is 3. The summed E-state index contributed by atoms with van der Waals surface area (Å²) in [5, 5.41) is 13.0. The van der Waals surface area contributed by atoms with E-state index in [1.54, 1.807) is 13.2 Å². The number of nitrogens with zero attached hydrogens (tertiary/aromatic N) is 1. The van der Waals surface area contributed by atoms with Crippen LogP contribution in [0.25, 0.3) is 11.1 Å². The molecule has 0 spiro atoms. The Morgan fingerprint density at radius 3 is 2.41 bits per heavy atom. The fourth-order valence-electron chi connectivity index (χ4n) is 4.81. The molecule has 0 saturated carbocycles. The summed E-state index contributed by atoms with van der Waals surface area (Å²) in [7, 11) is 1.70. The fraction of sp³-hybridized carbons (Fsp3) is 0.345. The van der Waals surface area contributed by atoms with E-state index in [0.29, 0.717) is 23.1 Å². The van der Waals surface area contributed by atoms with Gasteiger partial charge in [-0.2, -0.15) is 0 Å². The molecule has 1 amide bonds. The lowest BCUT2D eigenvalue weighted by Gasteiger charge is -2.35. The van der Waals surface area contributed by atoms with Gasteiger partial charge in [-0.3, -0.25) is 4.79 Å². The molecule has 1 aliphatic rings. The zero-order valence-corrected chi connectivity index (χ0v) is 20.3. The number of piperidine rings is 1. The number of hydrogen-bond donors (Lipinski definition) is 2. The van der Waals surface area contributed by atoms with E-state index in [2.05, 4.69) is 24.1 Å². The van der Waals surface area contributed by atoms with Crippen LogP contribution in [-0.2, 0) is 6.61 Å². The zero-order chi connectivity index (χ0) is 24.1. The molecule has 34 heavy (non-hydrogen) atoms. The van der Waals surface area contributed by atoms with Gasteiger partial charge in [0.25, 0.3) is 5.91 Å². The molecule has 1 aliphatic heterocycles. The summed E-state index contributed by atoms with van der Waals surface area (Å²) < 4.78 is 5.65. The molecule has 0 radical (unpaired) electrons. The molecule has 0 bridgehead atoms. The van der Waals surface area contributed by atoms with Gasteiger partial charge in [0, 0.05) is 17.3 Å². The van der Waals surface area contributed by atoms with Crippen LogP contribution in [0.1, 0.15) is 54.1 Å². The van der Waals surface area contributed by atoms with Gasteiger partial charge in [0.15, 0.2) is 0 Å². The Kier molecular flexibility index (Phi) is 7.66. The molecule has 2 N–H and O–H groups in total. The summed E-state index contributed by atoms with van der Waals surface area (Å²) in [5.74, 6) is 1.04. The average Bonchev–Trinajstić information content (AvgIpc) is 2.88. The molecule has 4 rings (SSSR count). The summed E-state index contributed by atoms with van der Waals surface area (Å²) in [4.78, 5) is 15.6. The third kappa shape index (κ3) is 5.32. The van der Waals surface area contributed by atoms with Crippen LogP contribution in [0.4, 0.5) is 5.69 Å². The minimum Gasteiger partial charge on any atom is -0.496 e. The summed E-state index contributed by atoms with van der Waals surface area (Å²) in [6.45, 7) is 6.41. The SMILES string of the molecule is COc1ccc(NC(=O)c2ccc(-c3ccccc3)cc2CO)cc1C1CCN(C(C)C)CC1. The van der Waals surface area contributed by atoms with Crippen molar-refractivity contribution in [2.45, 2.75) is 45.3 Å². The number of carbonyl (C=O) groups is 1. The first-order valence-electron chi connectivity index (χ1n) is 12.0. The monoisotopic (exact) mass is 458 g/mol. The number of carbonyl (C=O) groups excluding carboxylic acids is 1. The molecule has 1 saturated heterocycles. The van der Waals surface area contributed by atoms with Crippen molar-refractivity contribution in [3.63, 3.8) is 0 Å². The van der Waals surface area contributed by atoms with Crippen LogP contribution >= 0.6 is 0 Å². The first kappa shape index (κ1) is 24.0. The van der Waals surface area contributed by atoms with E-state index in [1.807, 2.05) is 60.7 Å². The average molecular weight is 459 g/mol. The molecule has 5 nitrogen and oxygen atoms in total. The minimum absolute atomic E-state index is 0.203. The van der Waals surface area contributed by atoms with Crippen molar-refractivity contribution in [1.29, 1.82) is 0 Å². The summed E-state index contributed by atoms with van der Waals surface area (Å²) >= 11 is 0. The van der Waals surface area contributed by atoms with Crippen molar-refractivity contribution in [2.75, 3.05) is 25.5 Å². The second-order valence-electron chi connectivity index (χ2n) is 9.21. The quantitative estimate of drug-likeness (QED) is 0.477. The Morgan fingerprint density at radius 2 is 1.76 bits per heavy atom. The second-order valence-corrected chi connectivity index (χ2v) is 9.21. The first-order chi connectivity index (χ1) is 16.5. The topological polar surface area (TPSA) is 61.8 Å². The molecule has 1 fully saturated rings. The number of rotatable bonds is 7. The number of amides is 1. The Balaban J connectivity index is 1.54. The van der Waals surface area contributed by atoms with Gasteiger partial charge in [-0.1, -0.05) is 36.4 Å². The van der Waals surface area contributed by atoms with Crippen LogP contribution in [0.2, 0.25) is 0 Å². The predicted molar refractivity (Wildman–Crippen MR) is 137 cm³/mol. The summed E-state index contributed by atoms with van der Waals surface area (Å²) in [6.07, 6.45) is 2.14. The second kappa shape index (κ2) is 10.9. The Hall–Kier alpha value is -3.15. The molecule has 3 aromatic rings. The fourth-order valence-corrected chi connectivity index (χ4v) is 4.81. The van der Waals surface area contributed by atoms with E-state index in [4.69, 9.17) is 4.74 Å². The molecular formula is C29H34N2O3. The van der Waals surface area contributed by atoms with E-state index >= 15 is 0 Å². The molecule has 1 heterocycles. The number of nitrogens with one attached hydrogen (secondary N) is 1. The van der Waals surface area contributed by atoms with Gasteiger partial charge in [0.05, 0.1) is 13.7 Å². The standard InChI is InChI=1S/C29H34N2O3/c1-20(2)31-15-13-22(14-16-31)27-18-25(10-12-28(27)34-3)30-29(33)26-11-9-23(17-24(26)19-32)21-7-5-4-6-8-21/h4-12,17-18,20,22,32H,13-16,19H2,1-3H3,(H,30,33). The van der Waals surface area contributed by atoms with Gasteiger partial charge in [-0.15, -0.1) is 0 Å². The van der Waals surface area contributed by atoms with Crippen molar-refractivity contribution in [3.8, 4) is 16.9 Å². The zero-order valence-electron chi connectivity index (χ0n) is 20.3. The minimum atomic E-state index is -0.227. The number of ether oxygens (including phenoxy) is 1. The van der Waals surface area contributed by atoms with Crippen LogP contribution in [0.15, 0.2) is 66.7 Å². The smallest absolute Gasteiger partial charge is 0.256 e. The number of anilines is 1. The first-order valence-corrected chi connectivity index (χ1v) is 12.0. The Morgan fingerprint density at radius 1 is 1.03 bits per heavy atom. The number of hydrogen-bond acceptors (Lipinski definition) is 4. The normalized spacial score (nSPS) is 14.9. The third-order valence-corrected chi connectivity index (χ3v) is 6.81. The lowest BCUT2D eigenvalue weighted by Crippen LogP contribution is -2.37. The molecule has 0 atom stereocenters. The maximum Gasteiger partial charge on any atom is 0.256 e. The lowest BCUT2D eigenvalue weighted by atomic mass is 9.88. The van der Waals surface area contributed by atoms with Gasteiger partial charge in [-0.05, 0) is 98.3 Å². The van der Waals surface area contributed by atoms with Gasteiger partial charge < -0.3 is 20.1 Å². The highest BCUT2D eigenvalue weighted by Gasteiger charge is 2.25. The number of methoxy groups -OCH3 is 1. The molecular weight excluding hydrogens is 424 g/mol. The van der Waals surface area contributed by atoms with E-state index in [0.717, 1.165) is 54.1 Å². The number of aliphatic hydroxyl groups excluding tert-OH is 1. The van der Waals surface area contributed by atoms with Gasteiger partial charge in [0.1, 0.15) is 5.75 Å². The number of aliphatic hydroxyl groups is 1. The largest absolute Gasteiger partial charge is 0.496 e. The van der Waals surface area contributed by atoms with Crippen LogP contribution in [-0.4, -0.2) is 42.2 Å². The van der Waals surface area contributed by atoms with E-state index in [1.165, 1.54) is 0 Å². The van der Waals surface area contributed by atoms with Gasteiger partial charge >= 0.3 is 0 Å². The van der Waals surface area contributed by atoms with Gasteiger partial charge in [-0.25, -0.2) is 0 Å². The molecule has 0 aliphatic carbocycles. The van der Waals surface area contributed by atoms with Crippen LogP contribution < -0.4 is 10.1 Å². The molecule has 0 aromatic heterocycles. The third-order valence-electron chi connectivity index (χ3n) is 6.81. The molecule has 5 heteroatoms. The number of likely N-dealkylation sites (tertiary alicyclic amines) is 1. The molecule has 0 unspecified atom stereocenters. The van der Waals surface area contributed by atoms with Crippen LogP contribution in [0, 0.1) is 0 Å². The lowest BCUT2D eigenvalue weighted by molar-refractivity contribution is 0.102. The van der Waals surface area contributed by atoms with E-state index < -0.39 is 0 Å². The highest BCUT2D eigenvalue weighted by molar-refractivity contribution is 6.05. The maximum absolute atomic E-state index is 13.1. The molecule has 3 aromatic carbocycles. The summed E-state index contributed by atoms with van der Waals surface area (Å²) in [6, 6.07) is 22.0. The Labute approximate surface area is 202 Å². The van der Waals surface area contributed by atoms with E-state index in [-0.39, 0.29) is 12.5 Å². The van der Waals surface area contributed by atoms with Crippen molar-refractivity contribution in [3.05, 3.63) is 83.4 Å². The van der Waals surface area contributed by atoms with Crippen molar-refractivity contribution in [2.24, 2.45) is 0 Å². The van der Waals surface area contributed by atoms with Crippen molar-refractivity contribution >= 4 is 11.6 Å². The van der Waals surface area contributed by atoms with Crippen molar-refractivity contribution in [1.82, 2.24) is 4.90 Å². The van der Waals surface area contributed by atoms with Crippen LogP contribution in [0.3, 0.4) is 0 Å². The predicted octanol–water partition coefficient (Wildman–Crippen LogP) is 5.69. The Bertz CT molecular complexity index is 1120. The summed E-state index contributed by atoms with van der Waals surface area (Å²) in [5.41, 5.74) is 4.99. The van der Waals surface area contributed by atoms with Crippen molar-refractivity contribution < 1.29 is 14.6 Å². The molecule has 178 valence electrons. The van der Waals surface area contributed by atoms with Crippen LogP contribution in [0.5, 0.6) is 5.75 Å². The maximum atomic E-state index is 13.1. The van der Waals surface area contributed by atoms with E-state index in [9.17, 15) is 9.90 Å². The highest BCUT2D eigenvalue weighted by Crippen LogP contribution is 2.36. The highest BCUT2D eigenvalue weighted by atomic mass is 16.5. The van der Waals surface area contributed by atoms with Gasteiger partial charge in [0.2, 0.25) is 0 Å².